The topological polar surface area (TPSA) is 111 Å². The number of para-hydroxylation sites is 1. The standard InChI is InChI=1S/C22H18ClN3O5S2/c1-14-3-2-4-18(23)20(14)30-13-16-7-10-19(31-16)21(27)25-15-5-8-17(9-6-15)33(28,29)26-22-24-11-12-32-22/h2-12H,13H2,1H3,(H,24,26)(H,25,27). The maximum absolute atomic E-state index is 12.5. The summed E-state index contributed by atoms with van der Waals surface area (Å²) in [5.74, 6) is 0.619. The molecule has 0 spiro atoms. The molecule has 0 atom stereocenters. The summed E-state index contributed by atoms with van der Waals surface area (Å²) in [5, 5.41) is 5.10. The van der Waals surface area contributed by atoms with Crippen LogP contribution in [0.3, 0.4) is 0 Å². The predicted octanol–water partition coefficient (Wildman–Crippen LogP) is 5.33. The van der Waals surface area contributed by atoms with Gasteiger partial charge in [0.15, 0.2) is 10.9 Å². The molecule has 0 radical (unpaired) electrons. The van der Waals surface area contributed by atoms with E-state index in [0.29, 0.717) is 22.2 Å². The van der Waals surface area contributed by atoms with E-state index < -0.39 is 15.9 Å². The van der Waals surface area contributed by atoms with Crippen LogP contribution in [0.15, 0.2) is 75.5 Å². The van der Waals surface area contributed by atoms with Gasteiger partial charge in [0.1, 0.15) is 18.1 Å². The Kier molecular flexibility index (Phi) is 6.68. The maximum Gasteiger partial charge on any atom is 0.291 e. The first kappa shape index (κ1) is 22.8. The van der Waals surface area contributed by atoms with Gasteiger partial charge >= 0.3 is 0 Å². The molecule has 4 rings (SSSR count). The molecular formula is C22H18ClN3O5S2. The van der Waals surface area contributed by atoms with Crippen LogP contribution in [0.1, 0.15) is 21.9 Å². The number of amides is 1. The number of nitrogens with one attached hydrogen (secondary N) is 2. The van der Waals surface area contributed by atoms with Crippen LogP contribution in [0.2, 0.25) is 5.02 Å². The Balaban J connectivity index is 1.37. The molecule has 8 nitrogen and oxygen atoms in total. The lowest BCUT2D eigenvalue weighted by Crippen LogP contribution is -2.13. The summed E-state index contributed by atoms with van der Waals surface area (Å²) < 4.78 is 38.5. The first-order chi connectivity index (χ1) is 15.8. The molecule has 2 aromatic carbocycles. The largest absolute Gasteiger partial charge is 0.484 e. The fraction of sp³-hybridized carbons (Fsp3) is 0.0909. The highest BCUT2D eigenvalue weighted by atomic mass is 35.5. The van der Waals surface area contributed by atoms with E-state index in [9.17, 15) is 13.2 Å². The molecule has 11 heteroatoms. The maximum atomic E-state index is 12.5. The second-order valence-corrected chi connectivity index (χ2v) is 9.85. The fourth-order valence-corrected chi connectivity index (χ4v) is 4.94. The highest BCUT2D eigenvalue weighted by Crippen LogP contribution is 2.29. The van der Waals surface area contributed by atoms with Gasteiger partial charge in [-0.05, 0) is 55.0 Å². The number of ether oxygens (including phenoxy) is 1. The average molecular weight is 504 g/mol. The third-order valence-corrected chi connectivity index (χ3v) is 6.95. The van der Waals surface area contributed by atoms with Crippen LogP contribution >= 0.6 is 22.9 Å². The van der Waals surface area contributed by atoms with Crippen molar-refractivity contribution in [2.75, 3.05) is 10.0 Å². The summed E-state index contributed by atoms with van der Waals surface area (Å²) >= 11 is 7.33. The molecule has 1 amide bonds. The van der Waals surface area contributed by atoms with Crippen molar-refractivity contribution in [2.45, 2.75) is 18.4 Å². The van der Waals surface area contributed by atoms with Crippen LogP contribution in [0.4, 0.5) is 10.8 Å². The molecule has 0 unspecified atom stereocenters. The summed E-state index contributed by atoms with van der Waals surface area (Å²) in [6, 6.07) is 14.4. The Labute approximate surface area is 199 Å². The van der Waals surface area contributed by atoms with Gasteiger partial charge in [0, 0.05) is 17.3 Å². The number of thiazole rings is 1. The minimum absolute atomic E-state index is 0.0444. The average Bonchev–Trinajstić information content (AvgIpc) is 3.46. The van der Waals surface area contributed by atoms with Gasteiger partial charge in [-0.25, -0.2) is 13.4 Å². The molecule has 0 aliphatic heterocycles. The van der Waals surface area contributed by atoms with Crippen LogP contribution in [-0.4, -0.2) is 19.3 Å². The molecule has 0 saturated carbocycles. The molecule has 4 aromatic rings. The zero-order valence-corrected chi connectivity index (χ0v) is 19.6. The minimum Gasteiger partial charge on any atom is -0.484 e. The van der Waals surface area contributed by atoms with Crippen molar-refractivity contribution in [3.8, 4) is 5.75 Å². The highest BCUT2D eigenvalue weighted by Gasteiger charge is 2.17. The van der Waals surface area contributed by atoms with E-state index in [1.54, 1.807) is 17.5 Å². The summed E-state index contributed by atoms with van der Waals surface area (Å²) in [6.45, 7) is 1.99. The van der Waals surface area contributed by atoms with Crippen LogP contribution in [0, 0.1) is 6.92 Å². The lowest BCUT2D eigenvalue weighted by molar-refractivity contribution is 0.0992. The number of furan rings is 1. The van der Waals surface area contributed by atoms with Gasteiger partial charge in [-0.2, -0.15) is 0 Å². The third kappa shape index (κ3) is 5.54. The highest BCUT2D eigenvalue weighted by molar-refractivity contribution is 7.93. The van der Waals surface area contributed by atoms with E-state index in [-0.39, 0.29) is 22.4 Å². The molecular weight excluding hydrogens is 486 g/mol. The van der Waals surface area contributed by atoms with Gasteiger partial charge in [-0.3, -0.25) is 9.52 Å². The smallest absolute Gasteiger partial charge is 0.291 e. The number of nitrogens with zero attached hydrogens (tertiary/aromatic N) is 1. The zero-order valence-electron chi connectivity index (χ0n) is 17.2. The number of anilines is 2. The Morgan fingerprint density at radius 3 is 2.64 bits per heavy atom. The van der Waals surface area contributed by atoms with Gasteiger partial charge in [0.25, 0.3) is 15.9 Å². The quantitative estimate of drug-likeness (QED) is 0.336. The number of benzene rings is 2. The van der Waals surface area contributed by atoms with E-state index in [4.69, 9.17) is 20.8 Å². The summed E-state index contributed by atoms with van der Waals surface area (Å²) in [7, 11) is -3.77. The lowest BCUT2D eigenvalue weighted by Gasteiger charge is -2.09. The molecule has 33 heavy (non-hydrogen) atoms. The van der Waals surface area contributed by atoms with Crippen LogP contribution < -0.4 is 14.8 Å². The Morgan fingerprint density at radius 2 is 1.94 bits per heavy atom. The molecule has 170 valence electrons. The van der Waals surface area contributed by atoms with Crippen molar-refractivity contribution in [3.05, 3.63) is 88.3 Å². The van der Waals surface area contributed by atoms with Gasteiger partial charge in [-0.1, -0.05) is 23.7 Å². The van der Waals surface area contributed by atoms with Crippen molar-refractivity contribution < 1.29 is 22.4 Å². The van der Waals surface area contributed by atoms with Gasteiger partial charge in [0.2, 0.25) is 0 Å². The molecule has 0 fully saturated rings. The third-order valence-electron chi connectivity index (χ3n) is 4.48. The number of sulfonamides is 1. The molecule has 0 saturated heterocycles. The van der Waals surface area contributed by atoms with Gasteiger partial charge < -0.3 is 14.5 Å². The molecule has 0 aliphatic carbocycles. The lowest BCUT2D eigenvalue weighted by atomic mass is 10.2. The number of carbonyl (C=O) groups is 1. The van der Waals surface area contributed by atoms with Crippen molar-refractivity contribution in [1.29, 1.82) is 0 Å². The number of aromatic nitrogens is 1. The van der Waals surface area contributed by atoms with Crippen molar-refractivity contribution in [2.24, 2.45) is 0 Å². The number of carbonyl (C=O) groups excluding carboxylic acids is 1. The predicted molar refractivity (Wildman–Crippen MR) is 127 cm³/mol. The number of hydrogen-bond acceptors (Lipinski definition) is 7. The first-order valence-corrected chi connectivity index (χ1v) is 12.4. The van der Waals surface area contributed by atoms with Gasteiger partial charge in [-0.15, -0.1) is 11.3 Å². The monoisotopic (exact) mass is 503 g/mol. The van der Waals surface area contributed by atoms with Gasteiger partial charge in [0.05, 0.1) is 9.92 Å². The number of halogens is 1. The van der Waals surface area contributed by atoms with Crippen molar-refractivity contribution in [1.82, 2.24) is 4.98 Å². The van der Waals surface area contributed by atoms with E-state index >= 15 is 0 Å². The normalized spacial score (nSPS) is 11.2. The molecule has 2 N–H and O–H groups in total. The fourth-order valence-electron chi connectivity index (χ4n) is 2.88. The summed E-state index contributed by atoms with van der Waals surface area (Å²) in [5.41, 5.74) is 1.30. The Morgan fingerprint density at radius 1 is 1.15 bits per heavy atom. The minimum atomic E-state index is -3.77. The number of aryl methyl sites for hydroxylation is 1. The van der Waals surface area contributed by atoms with Crippen LogP contribution in [-0.2, 0) is 16.6 Å². The van der Waals surface area contributed by atoms with E-state index in [1.165, 1.54) is 47.9 Å². The van der Waals surface area contributed by atoms with E-state index in [2.05, 4.69) is 15.0 Å². The number of hydrogen-bond donors (Lipinski definition) is 2. The molecule has 2 aromatic heterocycles. The van der Waals surface area contributed by atoms with Crippen molar-refractivity contribution >= 4 is 49.7 Å². The molecule has 0 aliphatic rings. The van der Waals surface area contributed by atoms with Crippen LogP contribution in [0.25, 0.3) is 0 Å². The van der Waals surface area contributed by atoms with Crippen LogP contribution in [0.5, 0.6) is 5.75 Å². The second-order valence-electron chi connectivity index (χ2n) is 6.86. The Hall–Kier alpha value is -3.34. The molecule has 0 bridgehead atoms. The van der Waals surface area contributed by atoms with Crippen molar-refractivity contribution in [3.63, 3.8) is 0 Å². The first-order valence-electron chi connectivity index (χ1n) is 9.62. The van der Waals surface area contributed by atoms with E-state index in [0.717, 1.165) is 5.56 Å². The molecule has 2 heterocycles. The summed E-state index contributed by atoms with van der Waals surface area (Å²) in [6.07, 6.45) is 1.51. The Bertz CT molecular complexity index is 1350. The number of rotatable bonds is 8. The SMILES string of the molecule is Cc1cccc(Cl)c1OCc1ccc(C(=O)Nc2ccc(S(=O)(=O)Nc3nccs3)cc2)o1. The second kappa shape index (κ2) is 9.65. The van der Waals surface area contributed by atoms with E-state index in [1.807, 2.05) is 19.1 Å². The zero-order chi connectivity index (χ0) is 23.4. The summed E-state index contributed by atoms with van der Waals surface area (Å²) in [4.78, 5) is 16.4.